The molecule has 0 bridgehead atoms. The molecule has 3 heterocycles. The number of anilines is 1. The number of hydrogen-bond acceptors (Lipinski definition) is 5. The summed E-state index contributed by atoms with van der Waals surface area (Å²) < 4.78 is 1.84. The minimum atomic E-state index is -0.145. The maximum atomic E-state index is 13.3. The van der Waals surface area contributed by atoms with E-state index in [9.17, 15) is 4.79 Å². The highest BCUT2D eigenvalue weighted by Gasteiger charge is 2.19. The van der Waals surface area contributed by atoms with E-state index in [1.165, 1.54) is 5.56 Å². The van der Waals surface area contributed by atoms with Gasteiger partial charge < -0.3 is 15.1 Å². The molecule has 0 aliphatic carbocycles. The number of benzene rings is 2. The van der Waals surface area contributed by atoms with Gasteiger partial charge in [-0.05, 0) is 31.2 Å². The molecule has 1 saturated heterocycles. The maximum absolute atomic E-state index is 13.3. The van der Waals surface area contributed by atoms with Crippen molar-refractivity contribution < 1.29 is 4.79 Å². The zero-order valence-corrected chi connectivity index (χ0v) is 20.9. The van der Waals surface area contributed by atoms with Crippen LogP contribution in [0.1, 0.15) is 27.0 Å². The normalized spacial score (nSPS) is 14.1. The number of nitrogens with one attached hydrogen (secondary N) is 1. The van der Waals surface area contributed by atoms with E-state index in [1.54, 1.807) is 0 Å². The Kier molecular flexibility index (Phi) is 7.09. The topological polar surface area (TPSA) is 66.3 Å². The quantitative estimate of drug-likeness (QED) is 0.433. The molecule has 1 N–H and O–H groups in total. The van der Waals surface area contributed by atoms with Gasteiger partial charge in [-0.2, -0.15) is 5.10 Å². The van der Waals surface area contributed by atoms with E-state index < -0.39 is 0 Å². The number of nitrogens with zero attached hydrogens (tertiary/aromatic N) is 5. The van der Waals surface area contributed by atoms with Crippen molar-refractivity contribution in [1.82, 2.24) is 25.0 Å². The van der Waals surface area contributed by atoms with Gasteiger partial charge in [0.15, 0.2) is 0 Å². The van der Waals surface area contributed by atoms with Gasteiger partial charge >= 0.3 is 0 Å². The second kappa shape index (κ2) is 10.7. The van der Waals surface area contributed by atoms with Crippen LogP contribution in [-0.4, -0.2) is 58.8 Å². The minimum Gasteiger partial charge on any atom is -0.354 e. The van der Waals surface area contributed by atoms with Crippen LogP contribution in [0, 0.1) is 6.92 Å². The zero-order chi connectivity index (χ0) is 24.9. The fourth-order valence-corrected chi connectivity index (χ4v) is 4.39. The molecule has 36 heavy (non-hydrogen) atoms. The third kappa shape index (κ3) is 5.63. The SMILES string of the molecule is Cc1ccc(-c2nn(Cc3ccccc3)cc2C(=O)NCc2ccc(N3CCN(C)CC3)nc2)cc1. The van der Waals surface area contributed by atoms with Gasteiger partial charge in [0.05, 0.1) is 12.1 Å². The first-order chi connectivity index (χ1) is 17.5. The zero-order valence-electron chi connectivity index (χ0n) is 20.9. The Labute approximate surface area is 212 Å². The van der Waals surface area contributed by atoms with Crippen LogP contribution in [0.15, 0.2) is 79.1 Å². The molecule has 1 fully saturated rings. The molecule has 0 spiro atoms. The van der Waals surface area contributed by atoms with Gasteiger partial charge in [0.25, 0.3) is 5.91 Å². The Morgan fingerprint density at radius 3 is 2.36 bits per heavy atom. The van der Waals surface area contributed by atoms with Crippen molar-refractivity contribution in [3.8, 4) is 11.3 Å². The summed E-state index contributed by atoms with van der Waals surface area (Å²) in [4.78, 5) is 22.6. The van der Waals surface area contributed by atoms with E-state index in [1.807, 2.05) is 71.7 Å². The van der Waals surface area contributed by atoms with Gasteiger partial charge in [-0.25, -0.2) is 4.98 Å². The summed E-state index contributed by atoms with van der Waals surface area (Å²) in [6.07, 6.45) is 3.69. The van der Waals surface area contributed by atoms with E-state index in [-0.39, 0.29) is 5.91 Å². The molecule has 4 aromatic rings. The Hall–Kier alpha value is -3.97. The van der Waals surface area contributed by atoms with E-state index in [0.29, 0.717) is 24.3 Å². The number of carbonyl (C=O) groups excluding carboxylic acids is 1. The van der Waals surface area contributed by atoms with Crippen LogP contribution in [0.25, 0.3) is 11.3 Å². The van der Waals surface area contributed by atoms with Crippen molar-refractivity contribution in [2.45, 2.75) is 20.0 Å². The average molecular weight is 481 g/mol. The molecule has 1 aliphatic rings. The highest BCUT2D eigenvalue weighted by Crippen LogP contribution is 2.23. The van der Waals surface area contributed by atoms with Crippen molar-refractivity contribution in [2.24, 2.45) is 0 Å². The summed E-state index contributed by atoms with van der Waals surface area (Å²) in [6.45, 7) is 7.11. The summed E-state index contributed by atoms with van der Waals surface area (Å²) in [5, 5.41) is 7.85. The van der Waals surface area contributed by atoms with Crippen LogP contribution in [0.2, 0.25) is 0 Å². The van der Waals surface area contributed by atoms with Crippen molar-refractivity contribution >= 4 is 11.7 Å². The van der Waals surface area contributed by atoms with Crippen LogP contribution >= 0.6 is 0 Å². The second-order valence-electron chi connectivity index (χ2n) is 9.44. The molecule has 184 valence electrons. The number of hydrogen-bond donors (Lipinski definition) is 1. The number of aryl methyl sites for hydroxylation is 1. The molecule has 0 unspecified atom stereocenters. The number of piperazine rings is 1. The number of pyridine rings is 1. The van der Waals surface area contributed by atoms with Crippen molar-refractivity contribution in [3.05, 3.63) is 101 Å². The summed E-state index contributed by atoms with van der Waals surface area (Å²) in [7, 11) is 2.15. The van der Waals surface area contributed by atoms with Crippen LogP contribution in [0.3, 0.4) is 0 Å². The van der Waals surface area contributed by atoms with E-state index in [2.05, 4.69) is 46.2 Å². The third-order valence-electron chi connectivity index (χ3n) is 6.61. The summed E-state index contributed by atoms with van der Waals surface area (Å²) in [5.41, 5.74) is 5.45. The first-order valence-corrected chi connectivity index (χ1v) is 12.4. The van der Waals surface area contributed by atoms with E-state index >= 15 is 0 Å². The fourth-order valence-electron chi connectivity index (χ4n) is 4.39. The van der Waals surface area contributed by atoms with Gasteiger partial charge in [-0.15, -0.1) is 0 Å². The molecule has 0 atom stereocenters. The molecule has 1 amide bonds. The Bertz CT molecular complexity index is 1290. The van der Waals surface area contributed by atoms with Crippen LogP contribution in [0.4, 0.5) is 5.82 Å². The first kappa shape index (κ1) is 23.8. The molecule has 1 aliphatic heterocycles. The number of aromatic nitrogens is 3. The molecule has 5 rings (SSSR count). The van der Waals surface area contributed by atoms with Gasteiger partial charge in [0, 0.05) is 50.7 Å². The standard InChI is InChI=1S/C29H32N6O/c1-22-8-11-25(12-9-22)28-26(21-35(32-28)20-23-6-4-3-5-7-23)29(36)31-19-24-10-13-27(30-18-24)34-16-14-33(2)15-17-34/h3-13,18,21H,14-17,19-20H2,1-2H3,(H,31,36). The highest BCUT2D eigenvalue weighted by atomic mass is 16.1. The molecular weight excluding hydrogens is 448 g/mol. The van der Waals surface area contributed by atoms with E-state index in [4.69, 9.17) is 5.10 Å². The average Bonchev–Trinajstić information content (AvgIpc) is 3.33. The largest absolute Gasteiger partial charge is 0.354 e. The Morgan fingerprint density at radius 2 is 1.67 bits per heavy atom. The third-order valence-corrected chi connectivity index (χ3v) is 6.61. The predicted octanol–water partition coefficient (Wildman–Crippen LogP) is 3.98. The smallest absolute Gasteiger partial charge is 0.255 e. The lowest BCUT2D eigenvalue weighted by Gasteiger charge is -2.33. The maximum Gasteiger partial charge on any atom is 0.255 e. The van der Waals surface area contributed by atoms with Crippen LogP contribution in [-0.2, 0) is 13.1 Å². The monoisotopic (exact) mass is 480 g/mol. The molecule has 7 nitrogen and oxygen atoms in total. The van der Waals surface area contributed by atoms with Crippen LogP contribution in [0.5, 0.6) is 0 Å². The van der Waals surface area contributed by atoms with Gasteiger partial charge in [-0.3, -0.25) is 9.48 Å². The predicted molar refractivity (Wildman–Crippen MR) is 143 cm³/mol. The lowest BCUT2D eigenvalue weighted by atomic mass is 10.1. The number of carbonyl (C=O) groups is 1. The highest BCUT2D eigenvalue weighted by molar-refractivity contribution is 5.99. The molecule has 0 radical (unpaired) electrons. The number of likely N-dealkylation sites (N-methyl/N-ethyl adjacent to an activating group) is 1. The number of amides is 1. The first-order valence-electron chi connectivity index (χ1n) is 12.4. The van der Waals surface area contributed by atoms with Gasteiger partial charge in [0.2, 0.25) is 0 Å². The Balaban J connectivity index is 1.30. The van der Waals surface area contributed by atoms with Crippen LogP contribution < -0.4 is 10.2 Å². The fraction of sp³-hybridized carbons (Fsp3) is 0.276. The lowest BCUT2D eigenvalue weighted by Crippen LogP contribution is -2.44. The number of rotatable bonds is 7. The molecule has 7 heteroatoms. The summed E-state index contributed by atoms with van der Waals surface area (Å²) >= 11 is 0. The summed E-state index contributed by atoms with van der Waals surface area (Å²) in [6, 6.07) is 22.3. The second-order valence-corrected chi connectivity index (χ2v) is 9.44. The molecule has 2 aromatic carbocycles. The van der Waals surface area contributed by atoms with Crippen molar-refractivity contribution in [3.63, 3.8) is 0 Å². The van der Waals surface area contributed by atoms with Crippen molar-refractivity contribution in [1.29, 1.82) is 0 Å². The minimum absolute atomic E-state index is 0.145. The Morgan fingerprint density at radius 1 is 0.917 bits per heavy atom. The van der Waals surface area contributed by atoms with Gasteiger partial charge in [0.1, 0.15) is 11.5 Å². The molecule has 0 saturated carbocycles. The van der Waals surface area contributed by atoms with Gasteiger partial charge in [-0.1, -0.05) is 66.2 Å². The summed E-state index contributed by atoms with van der Waals surface area (Å²) in [5.74, 6) is 0.843. The van der Waals surface area contributed by atoms with Crippen molar-refractivity contribution in [2.75, 3.05) is 38.1 Å². The molecule has 2 aromatic heterocycles. The van der Waals surface area contributed by atoms with E-state index in [0.717, 1.165) is 48.7 Å². The lowest BCUT2D eigenvalue weighted by molar-refractivity contribution is 0.0951. The molecular formula is C29H32N6O.